The number of rotatable bonds is 4. The van der Waals surface area contributed by atoms with Crippen LogP contribution < -0.4 is 14.4 Å². The van der Waals surface area contributed by atoms with Gasteiger partial charge in [0.05, 0.1) is 35.5 Å². The molecule has 4 atom stereocenters. The molecule has 9 heteroatoms. The third-order valence-electron chi connectivity index (χ3n) is 8.62. The summed E-state index contributed by atoms with van der Waals surface area (Å²) >= 11 is 0. The number of anilines is 1. The van der Waals surface area contributed by atoms with Gasteiger partial charge in [0.25, 0.3) is 5.69 Å². The minimum atomic E-state index is -1.02. The molecule has 1 aliphatic carbocycles. The maximum Gasteiger partial charge on any atom is 0.319 e. The van der Waals surface area contributed by atoms with Crippen molar-refractivity contribution in [3.8, 4) is 11.5 Å². The Balaban J connectivity index is 1.42. The number of imide groups is 1. The van der Waals surface area contributed by atoms with Gasteiger partial charge in [0.2, 0.25) is 11.8 Å². The lowest BCUT2D eigenvalue weighted by atomic mass is 9.64. The van der Waals surface area contributed by atoms with Crippen LogP contribution in [0, 0.1) is 34.8 Å². The number of amides is 2. The summed E-state index contributed by atoms with van der Waals surface area (Å²) in [4.78, 5) is 54.1. The highest BCUT2D eigenvalue weighted by Crippen LogP contribution is 2.55. The fourth-order valence-corrected chi connectivity index (χ4v) is 6.68. The van der Waals surface area contributed by atoms with Gasteiger partial charge >= 0.3 is 5.97 Å². The number of allylic oxidation sites excluding steroid dienone is 1. The number of hydrogen-bond acceptors (Lipinski definition) is 7. The van der Waals surface area contributed by atoms with Gasteiger partial charge in [0.15, 0.2) is 0 Å². The van der Waals surface area contributed by atoms with Crippen molar-refractivity contribution in [2.24, 2.45) is 17.8 Å². The number of methoxy groups -OCH3 is 1. The normalized spacial score (nSPS) is 22.7. The van der Waals surface area contributed by atoms with E-state index >= 15 is 0 Å². The Morgan fingerprint density at radius 3 is 2.36 bits per heavy atom. The van der Waals surface area contributed by atoms with E-state index in [1.807, 2.05) is 54.6 Å². The zero-order valence-electron chi connectivity index (χ0n) is 22.6. The summed E-state index contributed by atoms with van der Waals surface area (Å²) < 4.78 is 11.3. The van der Waals surface area contributed by atoms with E-state index in [1.165, 1.54) is 18.2 Å². The van der Waals surface area contributed by atoms with Crippen LogP contribution in [-0.4, -0.2) is 29.8 Å². The van der Waals surface area contributed by atoms with Crippen LogP contribution in [0.5, 0.6) is 11.5 Å². The zero-order valence-corrected chi connectivity index (χ0v) is 22.6. The molecule has 1 fully saturated rings. The number of non-ortho nitro benzene ring substituents is 1. The Kier molecular flexibility index (Phi) is 5.72. The first-order valence-corrected chi connectivity index (χ1v) is 13.5. The largest absolute Gasteiger partial charge is 0.497 e. The molecule has 0 bridgehead atoms. The summed E-state index contributed by atoms with van der Waals surface area (Å²) in [5.74, 6) is -3.92. The van der Waals surface area contributed by atoms with E-state index in [0.29, 0.717) is 28.2 Å². The van der Waals surface area contributed by atoms with Crippen molar-refractivity contribution < 1.29 is 28.8 Å². The number of carbonyl (C=O) groups excluding carboxylic acids is 3. The van der Waals surface area contributed by atoms with Gasteiger partial charge in [-0.15, -0.1) is 0 Å². The molecule has 2 aliphatic heterocycles. The Morgan fingerprint density at radius 2 is 1.64 bits per heavy atom. The first-order chi connectivity index (χ1) is 20.3. The van der Waals surface area contributed by atoms with Crippen molar-refractivity contribution in [1.82, 2.24) is 0 Å². The Hall–Kier alpha value is -5.31. The van der Waals surface area contributed by atoms with Crippen LogP contribution >= 0.6 is 0 Å². The van der Waals surface area contributed by atoms with E-state index in [9.17, 15) is 24.5 Å². The molecular formula is C33H24N2O7. The second-order valence-electron chi connectivity index (χ2n) is 10.8. The first kappa shape index (κ1) is 25.6. The number of ether oxygens (including phenoxy) is 2. The molecule has 0 saturated carbocycles. The van der Waals surface area contributed by atoms with Crippen LogP contribution in [0.1, 0.15) is 22.6 Å². The van der Waals surface area contributed by atoms with E-state index in [0.717, 1.165) is 21.2 Å². The molecule has 42 heavy (non-hydrogen) atoms. The van der Waals surface area contributed by atoms with Crippen LogP contribution in [0.2, 0.25) is 0 Å². The third kappa shape index (κ3) is 3.66. The summed E-state index contributed by atoms with van der Waals surface area (Å²) in [5.41, 5.74) is 2.67. The number of nitrogens with zero attached hydrogens (tertiary/aromatic N) is 2. The Morgan fingerprint density at radius 1 is 0.905 bits per heavy atom. The first-order valence-electron chi connectivity index (χ1n) is 13.5. The monoisotopic (exact) mass is 560 g/mol. The minimum Gasteiger partial charge on any atom is -0.497 e. The van der Waals surface area contributed by atoms with E-state index < -0.39 is 46.4 Å². The second-order valence-corrected chi connectivity index (χ2v) is 10.8. The molecule has 2 amide bonds. The predicted octanol–water partition coefficient (Wildman–Crippen LogP) is 5.59. The quantitative estimate of drug-likeness (QED) is 0.105. The molecule has 9 nitrogen and oxygen atoms in total. The zero-order chi connectivity index (χ0) is 29.3. The molecule has 1 saturated heterocycles. The van der Waals surface area contributed by atoms with Crippen molar-refractivity contribution in [3.05, 3.63) is 112 Å². The number of hydrogen-bond donors (Lipinski definition) is 0. The van der Waals surface area contributed by atoms with Crippen LogP contribution in [0.3, 0.4) is 0 Å². The van der Waals surface area contributed by atoms with Crippen molar-refractivity contribution in [2.75, 3.05) is 12.0 Å². The standard InChI is InChI=1S/C33H24N2O7/c1-17-15-20(35(39)40)10-14-26(17)34-31(36)27-24(19-7-11-21(41-2)12-8-19)16-25-23-13-9-18-5-3-4-6-22(18)30(23)42-33(38)28(25)29(27)32(34)37/h3-16,24,27-29H,1-2H3/t24-,27+,28-,29-/m0/s1. The third-order valence-corrected chi connectivity index (χ3v) is 8.62. The van der Waals surface area contributed by atoms with E-state index in [1.54, 1.807) is 26.2 Å². The van der Waals surface area contributed by atoms with Gasteiger partial charge in [-0.3, -0.25) is 24.5 Å². The molecule has 7 rings (SSSR count). The van der Waals surface area contributed by atoms with Gasteiger partial charge in [-0.05, 0) is 47.2 Å². The lowest BCUT2D eigenvalue weighted by Crippen LogP contribution is -2.42. The molecule has 4 aromatic carbocycles. The van der Waals surface area contributed by atoms with Gasteiger partial charge in [-0.25, -0.2) is 4.90 Å². The van der Waals surface area contributed by atoms with Crippen LogP contribution in [-0.2, 0) is 14.4 Å². The number of carbonyl (C=O) groups is 3. The number of nitro benzene ring substituents is 1. The average Bonchev–Trinajstić information content (AvgIpc) is 3.26. The van der Waals surface area contributed by atoms with E-state index in [2.05, 4.69) is 0 Å². The fraction of sp³-hybridized carbons (Fsp3) is 0.182. The fourth-order valence-electron chi connectivity index (χ4n) is 6.68. The van der Waals surface area contributed by atoms with Crippen LogP contribution in [0.4, 0.5) is 11.4 Å². The molecule has 0 spiro atoms. The maximum absolute atomic E-state index is 14.2. The maximum atomic E-state index is 14.2. The summed E-state index contributed by atoms with van der Waals surface area (Å²) in [6.45, 7) is 1.62. The van der Waals surface area contributed by atoms with E-state index in [4.69, 9.17) is 9.47 Å². The van der Waals surface area contributed by atoms with Gasteiger partial charge in [-0.2, -0.15) is 0 Å². The van der Waals surface area contributed by atoms with E-state index in [-0.39, 0.29) is 11.4 Å². The summed E-state index contributed by atoms with van der Waals surface area (Å²) in [6, 6.07) is 22.8. The number of esters is 1. The topological polar surface area (TPSA) is 116 Å². The Bertz CT molecular complexity index is 1880. The summed E-state index contributed by atoms with van der Waals surface area (Å²) in [7, 11) is 1.57. The van der Waals surface area contributed by atoms with Crippen molar-refractivity contribution in [1.29, 1.82) is 0 Å². The van der Waals surface area contributed by atoms with Gasteiger partial charge in [0.1, 0.15) is 11.5 Å². The highest BCUT2D eigenvalue weighted by Gasteiger charge is 2.60. The van der Waals surface area contributed by atoms with Crippen molar-refractivity contribution in [2.45, 2.75) is 12.8 Å². The molecule has 3 aliphatic rings. The molecule has 2 heterocycles. The SMILES string of the molecule is COc1ccc([C@@H]2C=C3c4ccc5ccccc5c4OC(=O)[C@@H]3[C@H]3C(=O)N(c4ccc([N+](=O)[O-])cc4C)C(=O)[C@@H]32)cc1. The number of benzene rings is 4. The minimum absolute atomic E-state index is 0.146. The van der Waals surface area contributed by atoms with Crippen LogP contribution in [0.25, 0.3) is 16.3 Å². The smallest absolute Gasteiger partial charge is 0.319 e. The molecule has 0 aromatic heterocycles. The number of nitro groups is 1. The molecule has 0 radical (unpaired) electrons. The molecule has 0 N–H and O–H groups in total. The molecule has 208 valence electrons. The second kappa shape index (κ2) is 9.37. The summed E-state index contributed by atoms with van der Waals surface area (Å²) in [6.07, 6.45) is 1.93. The highest BCUT2D eigenvalue weighted by molar-refractivity contribution is 6.25. The number of aryl methyl sites for hydroxylation is 1. The lowest BCUT2D eigenvalue weighted by molar-refractivity contribution is -0.384. The molecular weight excluding hydrogens is 536 g/mol. The number of fused-ring (bicyclic) bond motifs is 7. The van der Waals surface area contributed by atoms with Crippen molar-refractivity contribution >= 4 is 45.5 Å². The average molecular weight is 561 g/mol. The molecule has 4 aromatic rings. The van der Waals surface area contributed by atoms with Gasteiger partial charge < -0.3 is 9.47 Å². The van der Waals surface area contributed by atoms with Gasteiger partial charge in [-0.1, -0.05) is 54.6 Å². The highest BCUT2D eigenvalue weighted by atomic mass is 16.6. The summed E-state index contributed by atoms with van der Waals surface area (Å²) in [5, 5.41) is 13.0. The molecule has 0 unspecified atom stereocenters. The lowest BCUT2D eigenvalue weighted by Gasteiger charge is -2.38. The van der Waals surface area contributed by atoms with Crippen molar-refractivity contribution in [3.63, 3.8) is 0 Å². The van der Waals surface area contributed by atoms with Gasteiger partial charge in [0, 0.05) is 29.0 Å². The van der Waals surface area contributed by atoms with Crippen LogP contribution in [0.15, 0.2) is 84.9 Å². The Labute approximate surface area is 240 Å². The predicted molar refractivity (Wildman–Crippen MR) is 154 cm³/mol.